The minimum absolute atomic E-state index is 0.0520. The number of nitrogens with one attached hydrogen (secondary N) is 1. The summed E-state index contributed by atoms with van der Waals surface area (Å²) < 4.78 is 11.3. The van der Waals surface area contributed by atoms with Crippen molar-refractivity contribution in [2.45, 2.75) is 71.4 Å². The Morgan fingerprint density at radius 3 is 2.64 bits per heavy atom. The zero-order chi connectivity index (χ0) is 20.2. The quantitative estimate of drug-likeness (QED) is 0.756. The molecule has 0 aliphatic carbocycles. The molecular weight excluding hydrogens is 352 g/mol. The lowest BCUT2D eigenvalue weighted by Gasteiger charge is -2.45. The zero-order valence-corrected chi connectivity index (χ0v) is 17.5. The van der Waals surface area contributed by atoms with Crippen LogP contribution < -0.4 is 5.32 Å². The van der Waals surface area contributed by atoms with Crippen LogP contribution in [0.3, 0.4) is 0 Å². The van der Waals surface area contributed by atoms with Crippen molar-refractivity contribution in [2.24, 2.45) is 5.41 Å². The minimum atomic E-state index is -0.218. The first-order valence-electron chi connectivity index (χ1n) is 10.2. The summed E-state index contributed by atoms with van der Waals surface area (Å²) >= 11 is 0. The summed E-state index contributed by atoms with van der Waals surface area (Å²) in [7, 11) is 0. The number of rotatable bonds is 7. The minimum Gasteiger partial charge on any atom is -0.376 e. The van der Waals surface area contributed by atoms with Crippen molar-refractivity contribution in [3.8, 4) is 0 Å². The van der Waals surface area contributed by atoms with Gasteiger partial charge in [-0.25, -0.2) is 0 Å². The molecule has 5 nitrogen and oxygen atoms in total. The summed E-state index contributed by atoms with van der Waals surface area (Å²) in [6.45, 7) is 9.44. The molecule has 28 heavy (non-hydrogen) atoms. The predicted molar refractivity (Wildman–Crippen MR) is 109 cm³/mol. The highest BCUT2D eigenvalue weighted by atomic mass is 16.5. The van der Waals surface area contributed by atoms with Crippen LogP contribution >= 0.6 is 0 Å². The van der Waals surface area contributed by atoms with E-state index in [1.165, 1.54) is 5.56 Å². The van der Waals surface area contributed by atoms with Crippen LogP contribution in [0.4, 0.5) is 0 Å². The first-order chi connectivity index (χ1) is 13.3. The molecule has 1 unspecified atom stereocenters. The molecule has 3 rings (SSSR count). The van der Waals surface area contributed by atoms with E-state index in [1.54, 1.807) is 0 Å². The Labute approximate surface area is 167 Å². The van der Waals surface area contributed by atoms with E-state index in [0.717, 1.165) is 25.0 Å². The second kappa shape index (κ2) is 8.48. The molecule has 0 spiro atoms. The predicted octanol–water partition coefficient (Wildman–Crippen LogP) is 4.62. The summed E-state index contributed by atoms with van der Waals surface area (Å²) in [5.41, 5.74) is 1.86. The van der Waals surface area contributed by atoms with E-state index in [9.17, 15) is 4.79 Å². The molecule has 152 valence electrons. The Bertz CT molecular complexity index is 782. The number of hydrogen-bond acceptors (Lipinski definition) is 4. The van der Waals surface area contributed by atoms with Crippen LogP contribution in [0.15, 0.2) is 40.9 Å². The van der Waals surface area contributed by atoms with Gasteiger partial charge in [0.15, 0.2) is 5.76 Å². The third-order valence-corrected chi connectivity index (χ3v) is 5.51. The molecule has 1 saturated heterocycles. The van der Waals surface area contributed by atoms with E-state index >= 15 is 0 Å². The van der Waals surface area contributed by atoms with E-state index in [4.69, 9.17) is 9.26 Å². The van der Waals surface area contributed by atoms with Gasteiger partial charge >= 0.3 is 0 Å². The number of carbonyl (C=O) groups excluding carboxylic acids is 1. The Balaban J connectivity index is 1.67. The molecule has 2 heterocycles. The second-order valence-electron chi connectivity index (χ2n) is 9.02. The molecule has 1 N–H and O–H groups in total. The van der Waals surface area contributed by atoms with Gasteiger partial charge in [-0.1, -0.05) is 49.3 Å². The Morgan fingerprint density at radius 2 is 2.00 bits per heavy atom. The van der Waals surface area contributed by atoms with Crippen LogP contribution in [-0.2, 0) is 22.5 Å². The molecule has 0 bridgehead atoms. The van der Waals surface area contributed by atoms with Crippen LogP contribution in [0.2, 0.25) is 0 Å². The van der Waals surface area contributed by atoms with E-state index in [2.05, 4.69) is 62.4 Å². The van der Waals surface area contributed by atoms with Gasteiger partial charge in [-0.05, 0) is 50.0 Å². The van der Waals surface area contributed by atoms with Crippen LogP contribution in [-0.4, -0.2) is 23.3 Å². The highest BCUT2D eigenvalue weighted by molar-refractivity contribution is 5.76. The normalized spacial score (nSPS) is 21.6. The standard InChI is InChI=1S/C23H32N2O3/c1-17(2)20-12-19(28-25-20)15-24-21(26)14-23(10-11-27-22(3,4)16-23)13-18-8-6-5-7-9-18/h5-9,12,17H,10-11,13-16H2,1-4H3,(H,24,26). The number of amides is 1. The molecule has 1 aromatic heterocycles. The van der Waals surface area contributed by atoms with Crippen molar-refractivity contribution in [1.29, 1.82) is 0 Å². The fraction of sp³-hybridized carbons (Fsp3) is 0.565. The van der Waals surface area contributed by atoms with E-state index in [1.807, 2.05) is 12.1 Å². The molecule has 0 radical (unpaired) electrons. The number of hydrogen-bond donors (Lipinski definition) is 1. The van der Waals surface area contributed by atoms with Gasteiger partial charge in [-0.2, -0.15) is 0 Å². The van der Waals surface area contributed by atoms with Gasteiger partial charge in [-0.15, -0.1) is 0 Å². The van der Waals surface area contributed by atoms with Crippen molar-refractivity contribution in [1.82, 2.24) is 10.5 Å². The first-order valence-corrected chi connectivity index (χ1v) is 10.2. The van der Waals surface area contributed by atoms with Crippen LogP contribution in [0.5, 0.6) is 0 Å². The van der Waals surface area contributed by atoms with Gasteiger partial charge in [0.1, 0.15) is 0 Å². The lowest BCUT2D eigenvalue weighted by molar-refractivity contribution is -0.133. The van der Waals surface area contributed by atoms with Gasteiger partial charge in [0.05, 0.1) is 17.8 Å². The maximum atomic E-state index is 12.8. The molecule has 1 aliphatic heterocycles. The molecule has 1 atom stereocenters. The Morgan fingerprint density at radius 1 is 1.25 bits per heavy atom. The lowest BCUT2D eigenvalue weighted by Crippen LogP contribution is -2.45. The molecule has 1 amide bonds. The summed E-state index contributed by atoms with van der Waals surface area (Å²) in [5.74, 6) is 1.06. The molecule has 0 saturated carbocycles. The average molecular weight is 385 g/mol. The second-order valence-corrected chi connectivity index (χ2v) is 9.02. The largest absolute Gasteiger partial charge is 0.376 e. The van der Waals surface area contributed by atoms with Crippen molar-refractivity contribution in [3.05, 3.63) is 53.4 Å². The third kappa shape index (κ3) is 5.44. The fourth-order valence-corrected chi connectivity index (χ4v) is 4.25. The van der Waals surface area contributed by atoms with E-state index in [0.29, 0.717) is 31.3 Å². The monoisotopic (exact) mass is 384 g/mol. The van der Waals surface area contributed by atoms with Crippen molar-refractivity contribution in [3.63, 3.8) is 0 Å². The number of carbonyl (C=O) groups is 1. The van der Waals surface area contributed by atoms with Crippen LogP contribution in [0.25, 0.3) is 0 Å². The Kier molecular flexibility index (Phi) is 6.23. The molecule has 2 aromatic rings. The molecular formula is C23H32N2O3. The fourth-order valence-electron chi connectivity index (χ4n) is 4.25. The summed E-state index contributed by atoms with van der Waals surface area (Å²) in [4.78, 5) is 12.8. The third-order valence-electron chi connectivity index (χ3n) is 5.51. The number of benzene rings is 1. The molecule has 1 aliphatic rings. The summed E-state index contributed by atoms with van der Waals surface area (Å²) in [5, 5.41) is 7.08. The summed E-state index contributed by atoms with van der Waals surface area (Å²) in [6, 6.07) is 12.4. The van der Waals surface area contributed by atoms with Crippen molar-refractivity contribution < 1.29 is 14.1 Å². The number of nitrogens with zero attached hydrogens (tertiary/aromatic N) is 1. The lowest BCUT2D eigenvalue weighted by atomic mass is 9.68. The molecule has 1 aromatic carbocycles. The zero-order valence-electron chi connectivity index (χ0n) is 17.5. The van der Waals surface area contributed by atoms with Gasteiger partial charge < -0.3 is 14.6 Å². The van der Waals surface area contributed by atoms with E-state index < -0.39 is 0 Å². The number of aromatic nitrogens is 1. The maximum absolute atomic E-state index is 12.8. The van der Waals surface area contributed by atoms with Gasteiger partial charge in [0.25, 0.3) is 0 Å². The van der Waals surface area contributed by atoms with Gasteiger partial charge in [0.2, 0.25) is 5.91 Å². The SMILES string of the molecule is CC(C)c1cc(CNC(=O)CC2(Cc3ccccc3)CCOC(C)(C)C2)on1. The smallest absolute Gasteiger partial charge is 0.220 e. The summed E-state index contributed by atoms with van der Waals surface area (Å²) in [6.07, 6.45) is 3.12. The average Bonchev–Trinajstić information content (AvgIpc) is 3.09. The van der Waals surface area contributed by atoms with Gasteiger partial charge in [-0.3, -0.25) is 4.79 Å². The van der Waals surface area contributed by atoms with Crippen LogP contribution in [0.1, 0.15) is 69.9 Å². The van der Waals surface area contributed by atoms with E-state index in [-0.39, 0.29) is 16.9 Å². The highest BCUT2D eigenvalue weighted by Crippen LogP contribution is 2.44. The van der Waals surface area contributed by atoms with Gasteiger partial charge in [0, 0.05) is 19.1 Å². The first kappa shape index (κ1) is 20.6. The number of ether oxygens (including phenoxy) is 1. The molecule has 1 fully saturated rings. The van der Waals surface area contributed by atoms with Crippen molar-refractivity contribution >= 4 is 5.91 Å². The van der Waals surface area contributed by atoms with Crippen LogP contribution in [0, 0.1) is 5.41 Å². The maximum Gasteiger partial charge on any atom is 0.220 e. The topological polar surface area (TPSA) is 64.4 Å². The molecule has 5 heteroatoms. The van der Waals surface area contributed by atoms with Crippen molar-refractivity contribution in [2.75, 3.05) is 6.61 Å². The highest BCUT2D eigenvalue weighted by Gasteiger charge is 2.42. The Hall–Kier alpha value is -2.14.